The van der Waals surface area contributed by atoms with Crippen molar-refractivity contribution in [1.29, 1.82) is 0 Å². The van der Waals surface area contributed by atoms with Crippen molar-refractivity contribution in [3.05, 3.63) is 0 Å². The summed E-state index contributed by atoms with van der Waals surface area (Å²) in [5.74, 6) is 1.08. The van der Waals surface area contributed by atoms with Crippen molar-refractivity contribution in [3.63, 3.8) is 0 Å². The Labute approximate surface area is 139 Å². The summed E-state index contributed by atoms with van der Waals surface area (Å²) in [7, 11) is 3.61. The molecule has 3 amide bonds. The standard InChI is InChI=1S/C17H30N4O2/c1-4-20-12-17(9-15(20)22)11-19(10-14-5-6-14)7-8-21(13-17)16(23)18(2)3/h14H,4-13H2,1-3H3. The van der Waals surface area contributed by atoms with E-state index < -0.39 is 0 Å². The number of rotatable bonds is 3. The molecule has 23 heavy (non-hydrogen) atoms. The first kappa shape index (κ1) is 16.6. The second kappa shape index (κ2) is 6.30. The lowest BCUT2D eigenvalue weighted by atomic mass is 9.86. The highest BCUT2D eigenvalue weighted by Crippen LogP contribution is 2.37. The van der Waals surface area contributed by atoms with Crippen LogP contribution in [-0.4, -0.2) is 91.4 Å². The lowest BCUT2D eigenvalue weighted by Crippen LogP contribution is -2.47. The number of carbonyl (C=O) groups excluding carboxylic acids is 2. The Morgan fingerprint density at radius 2 is 1.96 bits per heavy atom. The molecule has 1 saturated carbocycles. The maximum Gasteiger partial charge on any atom is 0.319 e. The SMILES string of the molecule is CCN1CC2(CC1=O)CN(CC1CC1)CCN(C(=O)N(C)C)C2. The Kier molecular flexibility index (Phi) is 4.54. The Morgan fingerprint density at radius 1 is 1.22 bits per heavy atom. The van der Waals surface area contributed by atoms with Crippen LogP contribution in [0.1, 0.15) is 26.2 Å². The number of nitrogens with zero attached hydrogens (tertiary/aromatic N) is 4. The van der Waals surface area contributed by atoms with Gasteiger partial charge in [0.25, 0.3) is 0 Å². The van der Waals surface area contributed by atoms with E-state index in [4.69, 9.17) is 0 Å². The molecule has 0 aromatic heterocycles. The van der Waals surface area contributed by atoms with Gasteiger partial charge >= 0.3 is 6.03 Å². The van der Waals surface area contributed by atoms with Gasteiger partial charge in [0.1, 0.15) is 0 Å². The first-order valence-corrected chi connectivity index (χ1v) is 8.89. The van der Waals surface area contributed by atoms with Crippen LogP contribution in [0.3, 0.4) is 0 Å². The van der Waals surface area contributed by atoms with Crippen LogP contribution in [0, 0.1) is 11.3 Å². The van der Waals surface area contributed by atoms with Gasteiger partial charge in [-0.1, -0.05) is 0 Å². The predicted molar refractivity (Wildman–Crippen MR) is 89.1 cm³/mol. The van der Waals surface area contributed by atoms with Crippen LogP contribution in [-0.2, 0) is 4.79 Å². The van der Waals surface area contributed by atoms with Gasteiger partial charge in [-0.2, -0.15) is 0 Å². The van der Waals surface area contributed by atoms with Crippen LogP contribution in [0.25, 0.3) is 0 Å². The van der Waals surface area contributed by atoms with Gasteiger partial charge in [0.05, 0.1) is 0 Å². The molecule has 1 atom stereocenters. The molecular weight excluding hydrogens is 292 g/mol. The molecule has 0 N–H and O–H groups in total. The summed E-state index contributed by atoms with van der Waals surface area (Å²) in [6.45, 7) is 8.08. The van der Waals surface area contributed by atoms with Crippen LogP contribution >= 0.6 is 0 Å². The molecule has 1 aliphatic carbocycles. The summed E-state index contributed by atoms with van der Waals surface area (Å²) in [6.07, 6.45) is 3.26. The molecule has 2 heterocycles. The van der Waals surface area contributed by atoms with E-state index in [0.29, 0.717) is 13.0 Å². The van der Waals surface area contributed by atoms with Gasteiger partial charge in [0.15, 0.2) is 0 Å². The maximum absolute atomic E-state index is 12.5. The number of likely N-dealkylation sites (tertiary alicyclic amines) is 1. The molecule has 1 unspecified atom stereocenters. The van der Waals surface area contributed by atoms with Gasteiger partial charge in [0.2, 0.25) is 5.91 Å². The van der Waals surface area contributed by atoms with E-state index >= 15 is 0 Å². The van der Waals surface area contributed by atoms with Crippen molar-refractivity contribution in [2.45, 2.75) is 26.2 Å². The molecule has 0 radical (unpaired) electrons. The highest BCUT2D eigenvalue weighted by molar-refractivity contribution is 5.80. The molecule has 3 aliphatic rings. The third kappa shape index (κ3) is 3.62. The highest BCUT2D eigenvalue weighted by atomic mass is 16.2. The molecular formula is C17H30N4O2. The molecule has 2 saturated heterocycles. The molecule has 130 valence electrons. The molecule has 0 aromatic carbocycles. The molecule has 2 aliphatic heterocycles. The summed E-state index contributed by atoms with van der Waals surface area (Å²) in [4.78, 5) is 32.9. The first-order chi connectivity index (χ1) is 10.9. The smallest absolute Gasteiger partial charge is 0.319 e. The number of urea groups is 1. The molecule has 3 rings (SSSR count). The average molecular weight is 322 g/mol. The molecule has 6 nitrogen and oxygen atoms in total. The van der Waals surface area contributed by atoms with E-state index in [1.165, 1.54) is 12.8 Å². The van der Waals surface area contributed by atoms with E-state index in [2.05, 4.69) is 4.90 Å². The van der Waals surface area contributed by atoms with Crippen LogP contribution in [0.5, 0.6) is 0 Å². The van der Waals surface area contributed by atoms with Crippen LogP contribution in [0.4, 0.5) is 4.79 Å². The van der Waals surface area contributed by atoms with Gasteiger partial charge in [-0.05, 0) is 25.7 Å². The van der Waals surface area contributed by atoms with Crippen molar-refractivity contribution >= 4 is 11.9 Å². The van der Waals surface area contributed by atoms with Gasteiger partial charge in [-0.15, -0.1) is 0 Å². The minimum atomic E-state index is -0.0931. The van der Waals surface area contributed by atoms with Gasteiger partial charge in [-0.25, -0.2) is 4.79 Å². The average Bonchev–Trinajstić information content (AvgIpc) is 3.27. The lowest BCUT2D eigenvalue weighted by molar-refractivity contribution is -0.127. The summed E-state index contributed by atoms with van der Waals surface area (Å²) in [5.41, 5.74) is -0.0931. The minimum absolute atomic E-state index is 0.0695. The van der Waals surface area contributed by atoms with Crippen molar-refractivity contribution < 1.29 is 9.59 Å². The fourth-order valence-electron chi connectivity index (χ4n) is 4.10. The second-order valence-electron chi connectivity index (χ2n) is 7.86. The third-order valence-electron chi connectivity index (χ3n) is 5.42. The van der Waals surface area contributed by atoms with Crippen LogP contribution in [0.15, 0.2) is 0 Å². The zero-order valence-corrected chi connectivity index (χ0v) is 14.8. The molecule has 1 spiro atoms. The minimum Gasteiger partial charge on any atom is -0.342 e. The number of hydrogen-bond acceptors (Lipinski definition) is 3. The Balaban J connectivity index is 1.78. The topological polar surface area (TPSA) is 47.1 Å². The van der Waals surface area contributed by atoms with E-state index in [1.54, 1.807) is 19.0 Å². The van der Waals surface area contributed by atoms with Crippen molar-refractivity contribution in [3.8, 4) is 0 Å². The third-order valence-corrected chi connectivity index (χ3v) is 5.42. The largest absolute Gasteiger partial charge is 0.342 e. The Hall–Kier alpha value is -1.30. The van der Waals surface area contributed by atoms with E-state index in [9.17, 15) is 9.59 Å². The Morgan fingerprint density at radius 3 is 2.52 bits per heavy atom. The fraction of sp³-hybridized carbons (Fsp3) is 0.882. The summed E-state index contributed by atoms with van der Waals surface area (Å²) >= 11 is 0. The zero-order chi connectivity index (χ0) is 16.6. The highest BCUT2D eigenvalue weighted by Gasteiger charge is 2.47. The first-order valence-electron chi connectivity index (χ1n) is 8.89. The van der Waals surface area contributed by atoms with Crippen molar-refractivity contribution in [1.82, 2.24) is 19.6 Å². The molecule has 0 aromatic rings. The maximum atomic E-state index is 12.5. The van der Waals surface area contributed by atoms with Gasteiger partial charge in [-0.3, -0.25) is 4.79 Å². The summed E-state index contributed by atoms with van der Waals surface area (Å²) in [5, 5.41) is 0. The van der Waals surface area contributed by atoms with Gasteiger partial charge < -0.3 is 19.6 Å². The molecule has 3 fully saturated rings. The quantitative estimate of drug-likeness (QED) is 0.777. The van der Waals surface area contributed by atoms with Gasteiger partial charge in [0, 0.05) is 71.7 Å². The predicted octanol–water partition coefficient (Wildman–Crippen LogP) is 0.934. The Bertz CT molecular complexity index is 477. The normalized spacial score (nSPS) is 29.3. The van der Waals surface area contributed by atoms with Crippen LogP contribution in [0.2, 0.25) is 0 Å². The lowest BCUT2D eigenvalue weighted by Gasteiger charge is -2.34. The summed E-state index contributed by atoms with van der Waals surface area (Å²) < 4.78 is 0. The van der Waals surface area contributed by atoms with Crippen LogP contribution < -0.4 is 0 Å². The van der Waals surface area contributed by atoms with E-state index in [0.717, 1.165) is 45.2 Å². The van der Waals surface area contributed by atoms with Crippen molar-refractivity contribution in [2.24, 2.45) is 11.3 Å². The number of carbonyl (C=O) groups is 2. The van der Waals surface area contributed by atoms with E-state index in [-0.39, 0.29) is 17.4 Å². The second-order valence-corrected chi connectivity index (χ2v) is 7.86. The fourth-order valence-corrected chi connectivity index (χ4v) is 4.10. The zero-order valence-electron chi connectivity index (χ0n) is 14.8. The molecule has 6 heteroatoms. The summed E-state index contributed by atoms with van der Waals surface area (Å²) in [6, 6.07) is 0.0695. The van der Waals surface area contributed by atoms with E-state index in [1.807, 2.05) is 16.7 Å². The number of amides is 3. The number of hydrogen-bond donors (Lipinski definition) is 0. The van der Waals surface area contributed by atoms with Crippen molar-refractivity contribution in [2.75, 3.05) is 59.9 Å². The monoisotopic (exact) mass is 322 g/mol. The molecule has 0 bridgehead atoms.